The van der Waals surface area contributed by atoms with Gasteiger partial charge in [-0.2, -0.15) is 5.10 Å². The van der Waals surface area contributed by atoms with E-state index >= 15 is 0 Å². The molecule has 0 saturated carbocycles. The first-order chi connectivity index (χ1) is 8.50. The van der Waals surface area contributed by atoms with E-state index in [0.717, 1.165) is 0 Å². The lowest BCUT2D eigenvalue weighted by molar-refractivity contribution is 0.571. The number of nitrogens with one attached hydrogen (secondary N) is 2. The fourth-order valence-electron chi connectivity index (χ4n) is 1.74. The van der Waals surface area contributed by atoms with Crippen molar-refractivity contribution in [2.45, 2.75) is 25.3 Å². The third-order valence-corrected chi connectivity index (χ3v) is 4.27. The predicted octanol–water partition coefficient (Wildman–Crippen LogP) is 0.202. The van der Waals surface area contributed by atoms with Crippen LogP contribution in [-0.2, 0) is 16.6 Å². The van der Waals surface area contributed by atoms with Crippen molar-refractivity contribution < 1.29 is 8.42 Å². The van der Waals surface area contributed by atoms with Crippen molar-refractivity contribution in [2.75, 3.05) is 6.54 Å². The van der Waals surface area contributed by atoms with Gasteiger partial charge in [-0.3, -0.25) is 5.10 Å². The molecule has 8 heteroatoms. The van der Waals surface area contributed by atoms with Gasteiger partial charge in [0, 0.05) is 25.5 Å². The quantitative estimate of drug-likeness (QED) is 0.811. The molecule has 2 aromatic heterocycles. The number of imidazole rings is 1. The number of sulfonamides is 1. The zero-order chi connectivity index (χ0) is 13.2. The van der Waals surface area contributed by atoms with Gasteiger partial charge in [-0.1, -0.05) is 0 Å². The van der Waals surface area contributed by atoms with Gasteiger partial charge in [0.15, 0.2) is 0 Å². The number of hydrogen-bond acceptors (Lipinski definition) is 4. The van der Waals surface area contributed by atoms with Gasteiger partial charge in [0.2, 0.25) is 10.0 Å². The van der Waals surface area contributed by atoms with Crippen LogP contribution in [0.3, 0.4) is 0 Å². The van der Waals surface area contributed by atoms with Gasteiger partial charge in [-0.25, -0.2) is 18.1 Å². The third-order valence-electron chi connectivity index (χ3n) is 2.55. The van der Waals surface area contributed by atoms with E-state index in [1.54, 1.807) is 37.1 Å². The standard InChI is InChI=1S/C10H15N5O2S/c1-8-10(9(2)14-13-8)18(16,17)12-4-6-15-5-3-11-7-15/h3,5,7,12H,4,6H2,1-2H3,(H,13,14). The Morgan fingerprint density at radius 2 is 2.22 bits per heavy atom. The van der Waals surface area contributed by atoms with Gasteiger partial charge in [0.05, 0.1) is 17.7 Å². The first-order valence-corrected chi connectivity index (χ1v) is 6.96. The van der Waals surface area contributed by atoms with Crippen molar-refractivity contribution in [3.63, 3.8) is 0 Å². The smallest absolute Gasteiger partial charge is 0.244 e. The van der Waals surface area contributed by atoms with E-state index in [1.807, 2.05) is 0 Å². The largest absolute Gasteiger partial charge is 0.336 e. The van der Waals surface area contributed by atoms with Crippen molar-refractivity contribution in [3.8, 4) is 0 Å². The molecule has 2 rings (SSSR count). The lowest BCUT2D eigenvalue weighted by Crippen LogP contribution is -2.28. The molecule has 0 aliphatic rings. The maximum atomic E-state index is 12.1. The van der Waals surface area contributed by atoms with Crippen molar-refractivity contribution in [1.82, 2.24) is 24.5 Å². The number of aromatic nitrogens is 4. The molecule has 0 saturated heterocycles. The summed E-state index contributed by atoms with van der Waals surface area (Å²) < 4.78 is 28.5. The van der Waals surface area contributed by atoms with Gasteiger partial charge in [0.25, 0.3) is 0 Å². The molecular weight excluding hydrogens is 254 g/mol. The molecule has 2 N–H and O–H groups in total. The Morgan fingerprint density at radius 1 is 1.44 bits per heavy atom. The summed E-state index contributed by atoms with van der Waals surface area (Å²) >= 11 is 0. The molecule has 0 atom stereocenters. The van der Waals surface area contributed by atoms with Crippen LogP contribution in [0, 0.1) is 13.8 Å². The lowest BCUT2D eigenvalue weighted by Gasteiger charge is -2.07. The van der Waals surface area contributed by atoms with Crippen LogP contribution in [0.15, 0.2) is 23.6 Å². The minimum atomic E-state index is -3.51. The monoisotopic (exact) mass is 269 g/mol. The Hall–Kier alpha value is -1.67. The van der Waals surface area contributed by atoms with Gasteiger partial charge in [0.1, 0.15) is 4.90 Å². The van der Waals surface area contributed by atoms with Crippen LogP contribution in [0.4, 0.5) is 0 Å². The minimum Gasteiger partial charge on any atom is -0.336 e. The molecule has 0 aromatic carbocycles. The fourth-order valence-corrected chi connectivity index (χ4v) is 3.12. The van der Waals surface area contributed by atoms with Crippen molar-refractivity contribution in [2.24, 2.45) is 0 Å². The van der Waals surface area contributed by atoms with Crippen molar-refractivity contribution >= 4 is 10.0 Å². The van der Waals surface area contributed by atoms with E-state index in [2.05, 4.69) is 19.9 Å². The third kappa shape index (κ3) is 2.59. The molecular formula is C10H15N5O2S. The molecule has 18 heavy (non-hydrogen) atoms. The highest BCUT2D eigenvalue weighted by Crippen LogP contribution is 2.15. The molecule has 0 unspecified atom stereocenters. The van der Waals surface area contributed by atoms with Gasteiger partial charge >= 0.3 is 0 Å². The second-order valence-electron chi connectivity index (χ2n) is 3.96. The van der Waals surface area contributed by atoms with Gasteiger partial charge in [-0.15, -0.1) is 0 Å². The average molecular weight is 269 g/mol. The molecule has 2 heterocycles. The zero-order valence-corrected chi connectivity index (χ0v) is 11.0. The van der Waals surface area contributed by atoms with E-state index in [-0.39, 0.29) is 4.90 Å². The van der Waals surface area contributed by atoms with Crippen LogP contribution in [0.1, 0.15) is 11.4 Å². The summed E-state index contributed by atoms with van der Waals surface area (Å²) in [6, 6.07) is 0. The van der Waals surface area contributed by atoms with E-state index in [0.29, 0.717) is 24.5 Å². The van der Waals surface area contributed by atoms with Crippen LogP contribution >= 0.6 is 0 Å². The van der Waals surface area contributed by atoms with Crippen LogP contribution in [-0.4, -0.2) is 34.7 Å². The first kappa shape index (κ1) is 12.8. The molecule has 0 spiro atoms. The highest BCUT2D eigenvalue weighted by atomic mass is 32.2. The summed E-state index contributed by atoms with van der Waals surface area (Å²) in [7, 11) is -3.51. The van der Waals surface area contributed by atoms with Gasteiger partial charge < -0.3 is 4.57 Å². The highest BCUT2D eigenvalue weighted by molar-refractivity contribution is 7.89. The summed E-state index contributed by atoms with van der Waals surface area (Å²) in [6.07, 6.45) is 5.07. The summed E-state index contributed by atoms with van der Waals surface area (Å²) in [5.74, 6) is 0. The molecule has 0 fully saturated rings. The Balaban J connectivity index is 2.04. The van der Waals surface area contributed by atoms with Crippen molar-refractivity contribution in [3.05, 3.63) is 30.1 Å². The fraction of sp³-hybridized carbons (Fsp3) is 0.400. The summed E-state index contributed by atoms with van der Waals surface area (Å²) in [5.41, 5.74) is 1.02. The van der Waals surface area contributed by atoms with Crippen LogP contribution in [0.2, 0.25) is 0 Å². The number of aromatic amines is 1. The maximum Gasteiger partial charge on any atom is 0.244 e. The molecule has 0 bridgehead atoms. The number of H-pyrrole nitrogens is 1. The number of rotatable bonds is 5. The topological polar surface area (TPSA) is 92.7 Å². The molecule has 7 nitrogen and oxygen atoms in total. The number of hydrogen-bond donors (Lipinski definition) is 2. The van der Waals surface area contributed by atoms with E-state index in [9.17, 15) is 8.42 Å². The average Bonchev–Trinajstić information content (AvgIpc) is 2.89. The SMILES string of the molecule is Cc1n[nH]c(C)c1S(=O)(=O)NCCn1ccnc1. The molecule has 0 aliphatic carbocycles. The second-order valence-corrected chi connectivity index (χ2v) is 5.67. The maximum absolute atomic E-state index is 12.1. The van der Waals surface area contributed by atoms with Crippen molar-refractivity contribution in [1.29, 1.82) is 0 Å². The van der Waals surface area contributed by atoms with Gasteiger partial charge in [-0.05, 0) is 13.8 Å². The summed E-state index contributed by atoms with van der Waals surface area (Å²) in [4.78, 5) is 4.12. The Labute approximate surface area is 105 Å². The second kappa shape index (κ2) is 4.91. The predicted molar refractivity (Wildman–Crippen MR) is 65.5 cm³/mol. The van der Waals surface area contributed by atoms with E-state index < -0.39 is 10.0 Å². The Morgan fingerprint density at radius 3 is 2.78 bits per heavy atom. The number of aryl methyl sites for hydroxylation is 2. The zero-order valence-electron chi connectivity index (χ0n) is 10.2. The minimum absolute atomic E-state index is 0.230. The molecule has 98 valence electrons. The first-order valence-electron chi connectivity index (χ1n) is 5.47. The lowest BCUT2D eigenvalue weighted by atomic mass is 10.4. The molecule has 0 radical (unpaired) electrons. The normalized spacial score (nSPS) is 11.9. The molecule has 0 aliphatic heterocycles. The number of nitrogens with zero attached hydrogens (tertiary/aromatic N) is 3. The molecule has 2 aromatic rings. The Bertz CT molecular complexity index is 595. The van der Waals surface area contributed by atoms with E-state index in [1.165, 1.54) is 0 Å². The van der Waals surface area contributed by atoms with Crippen LogP contribution in [0.25, 0.3) is 0 Å². The summed E-state index contributed by atoms with van der Waals surface area (Å²) in [6.45, 7) is 4.19. The summed E-state index contributed by atoms with van der Waals surface area (Å²) in [5, 5.41) is 6.54. The highest BCUT2D eigenvalue weighted by Gasteiger charge is 2.21. The van der Waals surface area contributed by atoms with Crippen LogP contribution < -0.4 is 4.72 Å². The Kier molecular flexibility index (Phi) is 3.48. The van der Waals surface area contributed by atoms with E-state index in [4.69, 9.17) is 0 Å². The van der Waals surface area contributed by atoms with Crippen LogP contribution in [0.5, 0.6) is 0 Å². The molecule has 0 amide bonds.